The third-order valence-corrected chi connectivity index (χ3v) is 6.92. The molecule has 1 aliphatic heterocycles. The number of methoxy groups -OCH3 is 1. The molecule has 0 aliphatic carbocycles. The first-order chi connectivity index (χ1) is 16.4. The van der Waals surface area contributed by atoms with Crippen LogP contribution in [0, 0.1) is 5.82 Å². The zero-order chi connectivity index (χ0) is 24.1. The molecule has 1 fully saturated rings. The van der Waals surface area contributed by atoms with E-state index in [1.54, 1.807) is 46.6 Å². The average molecular weight is 483 g/mol. The number of ether oxygens (including phenoxy) is 2. The van der Waals surface area contributed by atoms with E-state index >= 15 is 0 Å². The third-order valence-electron chi connectivity index (χ3n) is 5.80. The van der Waals surface area contributed by atoms with Crippen LogP contribution in [0.4, 0.5) is 4.39 Å². The Bertz CT molecular complexity index is 1170. The second-order valence-electron chi connectivity index (χ2n) is 8.14. The average Bonchev–Trinajstić information content (AvgIpc) is 3.31. The van der Waals surface area contributed by atoms with Crippen LogP contribution in [-0.4, -0.2) is 61.4 Å². The van der Waals surface area contributed by atoms with E-state index in [4.69, 9.17) is 9.47 Å². The van der Waals surface area contributed by atoms with Crippen molar-refractivity contribution < 1.29 is 23.5 Å². The number of hydrogen-bond donors (Lipinski definition) is 0. The molecule has 178 valence electrons. The maximum Gasteiger partial charge on any atom is 0.260 e. The van der Waals surface area contributed by atoms with Crippen molar-refractivity contribution in [3.63, 3.8) is 0 Å². The fraction of sp³-hybridized carbons (Fsp3) is 0.308. The molecule has 3 aromatic rings. The van der Waals surface area contributed by atoms with E-state index in [1.165, 1.54) is 25.0 Å². The first-order valence-electron chi connectivity index (χ1n) is 11.1. The van der Waals surface area contributed by atoms with Gasteiger partial charge in [-0.2, -0.15) is 0 Å². The molecule has 2 aromatic carbocycles. The van der Waals surface area contributed by atoms with Gasteiger partial charge in [-0.15, -0.1) is 11.3 Å². The zero-order valence-electron chi connectivity index (χ0n) is 19.3. The molecule has 0 atom stereocenters. The Morgan fingerprint density at radius 1 is 1.00 bits per heavy atom. The molecule has 0 unspecified atom stereocenters. The molecule has 0 spiro atoms. The summed E-state index contributed by atoms with van der Waals surface area (Å²) < 4.78 is 24.5. The van der Waals surface area contributed by atoms with Crippen LogP contribution in [0.3, 0.4) is 0 Å². The van der Waals surface area contributed by atoms with Gasteiger partial charge >= 0.3 is 0 Å². The van der Waals surface area contributed by atoms with Gasteiger partial charge in [-0.25, -0.2) is 4.39 Å². The molecule has 1 aromatic heterocycles. The van der Waals surface area contributed by atoms with E-state index in [9.17, 15) is 14.0 Å². The standard InChI is InChI=1S/C26H27FN2O4S/c1-18(30)19-6-8-23(24(15-19)32-2)33-17-26(31)29-12-10-28(11-13-29)16-22-7-9-25(34-22)20-4-3-5-21(27)14-20/h3-9,14-15H,10-13,16-17H2,1-2H3. The fourth-order valence-electron chi connectivity index (χ4n) is 3.87. The Morgan fingerprint density at radius 3 is 2.50 bits per heavy atom. The number of benzene rings is 2. The number of Topliss-reactive ketones (excluding diaryl/α,β-unsaturated/α-hetero) is 1. The zero-order valence-corrected chi connectivity index (χ0v) is 20.1. The molecular weight excluding hydrogens is 455 g/mol. The summed E-state index contributed by atoms with van der Waals surface area (Å²) >= 11 is 1.67. The topological polar surface area (TPSA) is 59.1 Å². The molecule has 0 saturated carbocycles. The van der Waals surface area contributed by atoms with E-state index in [2.05, 4.69) is 11.0 Å². The summed E-state index contributed by atoms with van der Waals surface area (Å²) in [4.78, 5) is 30.6. The maximum absolute atomic E-state index is 13.5. The van der Waals surface area contributed by atoms with Gasteiger partial charge < -0.3 is 14.4 Å². The van der Waals surface area contributed by atoms with Crippen LogP contribution < -0.4 is 9.47 Å². The summed E-state index contributed by atoms with van der Waals surface area (Å²) in [6.45, 7) is 5.01. The highest BCUT2D eigenvalue weighted by Crippen LogP contribution is 2.30. The molecular formula is C26H27FN2O4S. The van der Waals surface area contributed by atoms with E-state index in [-0.39, 0.29) is 24.1 Å². The Labute approximate surface area is 202 Å². The van der Waals surface area contributed by atoms with E-state index in [0.717, 1.165) is 30.1 Å². The van der Waals surface area contributed by atoms with Crippen molar-refractivity contribution in [1.82, 2.24) is 9.80 Å². The lowest BCUT2D eigenvalue weighted by Gasteiger charge is -2.34. The minimum Gasteiger partial charge on any atom is -0.493 e. The van der Waals surface area contributed by atoms with Gasteiger partial charge in [0.1, 0.15) is 5.82 Å². The van der Waals surface area contributed by atoms with Crippen LogP contribution in [-0.2, 0) is 11.3 Å². The van der Waals surface area contributed by atoms with Gasteiger partial charge in [0, 0.05) is 48.0 Å². The van der Waals surface area contributed by atoms with Crippen molar-refractivity contribution in [2.45, 2.75) is 13.5 Å². The lowest BCUT2D eigenvalue weighted by atomic mass is 10.1. The van der Waals surface area contributed by atoms with Gasteiger partial charge in [0.25, 0.3) is 5.91 Å². The number of hydrogen-bond acceptors (Lipinski definition) is 6. The molecule has 0 radical (unpaired) electrons. The fourth-order valence-corrected chi connectivity index (χ4v) is 4.92. The lowest BCUT2D eigenvalue weighted by Crippen LogP contribution is -2.49. The van der Waals surface area contributed by atoms with Crippen molar-refractivity contribution in [3.05, 3.63) is 70.9 Å². The Hall–Kier alpha value is -3.23. The highest BCUT2D eigenvalue weighted by atomic mass is 32.1. The number of rotatable bonds is 8. The maximum atomic E-state index is 13.5. The largest absolute Gasteiger partial charge is 0.493 e. The van der Waals surface area contributed by atoms with E-state index < -0.39 is 0 Å². The van der Waals surface area contributed by atoms with Crippen LogP contribution in [0.25, 0.3) is 10.4 Å². The number of nitrogens with zero attached hydrogens (tertiary/aromatic N) is 2. The molecule has 34 heavy (non-hydrogen) atoms. The normalized spacial score (nSPS) is 14.1. The molecule has 1 amide bonds. The number of amides is 1. The SMILES string of the molecule is COc1cc(C(C)=O)ccc1OCC(=O)N1CCN(Cc2ccc(-c3cccc(F)c3)s2)CC1. The van der Waals surface area contributed by atoms with Gasteiger partial charge in [0.05, 0.1) is 7.11 Å². The van der Waals surface area contributed by atoms with Gasteiger partial charge in [-0.3, -0.25) is 14.5 Å². The summed E-state index contributed by atoms with van der Waals surface area (Å²) in [5.41, 5.74) is 1.42. The molecule has 2 heterocycles. The van der Waals surface area contributed by atoms with Crippen molar-refractivity contribution >= 4 is 23.0 Å². The number of halogens is 1. The molecule has 4 rings (SSSR count). The second-order valence-corrected chi connectivity index (χ2v) is 9.31. The van der Waals surface area contributed by atoms with Gasteiger partial charge in [-0.1, -0.05) is 12.1 Å². The van der Waals surface area contributed by atoms with E-state index in [0.29, 0.717) is 30.2 Å². The van der Waals surface area contributed by atoms with Crippen LogP contribution in [0.2, 0.25) is 0 Å². The quantitative estimate of drug-likeness (QED) is 0.443. The Balaban J connectivity index is 1.26. The number of carbonyl (C=O) groups excluding carboxylic acids is 2. The van der Waals surface area contributed by atoms with Crippen molar-refractivity contribution in [1.29, 1.82) is 0 Å². The summed E-state index contributed by atoms with van der Waals surface area (Å²) in [6.07, 6.45) is 0. The molecule has 1 saturated heterocycles. The first kappa shape index (κ1) is 23.9. The minimum atomic E-state index is -0.233. The number of carbonyl (C=O) groups is 2. The molecule has 0 N–H and O–H groups in total. The van der Waals surface area contributed by atoms with Crippen LogP contribution >= 0.6 is 11.3 Å². The minimum absolute atomic E-state index is 0.0634. The lowest BCUT2D eigenvalue weighted by molar-refractivity contribution is -0.135. The first-order valence-corrected chi connectivity index (χ1v) is 11.9. The summed E-state index contributed by atoms with van der Waals surface area (Å²) in [5, 5.41) is 0. The second kappa shape index (κ2) is 10.8. The van der Waals surface area contributed by atoms with Gasteiger partial charge in [0.2, 0.25) is 0 Å². The van der Waals surface area contributed by atoms with Crippen molar-refractivity contribution in [3.8, 4) is 21.9 Å². The van der Waals surface area contributed by atoms with Gasteiger partial charge in [0.15, 0.2) is 23.9 Å². The van der Waals surface area contributed by atoms with E-state index in [1.807, 2.05) is 12.1 Å². The van der Waals surface area contributed by atoms with Crippen LogP contribution in [0.5, 0.6) is 11.5 Å². The van der Waals surface area contributed by atoms with Gasteiger partial charge in [-0.05, 0) is 55.0 Å². The summed E-state index contributed by atoms with van der Waals surface area (Å²) in [5.74, 6) is 0.488. The predicted octanol–water partition coefficient (Wildman–Crippen LogP) is 4.49. The van der Waals surface area contributed by atoms with Crippen LogP contribution in [0.1, 0.15) is 22.2 Å². The Kier molecular flexibility index (Phi) is 7.59. The number of piperazine rings is 1. The van der Waals surface area contributed by atoms with Crippen LogP contribution in [0.15, 0.2) is 54.6 Å². The number of ketones is 1. The molecule has 8 heteroatoms. The highest BCUT2D eigenvalue weighted by molar-refractivity contribution is 7.15. The highest BCUT2D eigenvalue weighted by Gasteiger charge is 2.22. The van der Waals surface area contributed by atoms with Crippen molar-refractivity contribution in [2.24, 2.45) is 0 Å². The molecule has 0 bridgehead atoms. The Morgan fingerprint density at radius 2 is 1.79 bits per heavy atom. The molecule has 6 nitrogen and oxygen atoms in total. The monoisotopic (exact) mass is 482 g/mol. The summed E-state index contributed by atoms with van der Waals surface area (Å²) in [7, 11) is 1.50. The number of thiophene rings is 1. The summed E-state index contributed by atoms with van der Waals surface area (Å²) in [6, 6.07) is 15.7. The molecule has 1 aliphatic rings. The smallest absolute Gasteiger partial charge is 0.260 e. The third kappa shape index (κ3) is 5.81. The van der Waals surface area contributed by atoms with Crippen molar-refractivity contribution in [2.75, 3.05) is 39.9 Å². The predicted molar refractivity (Wildman–Crippen MR) is 130 cm³/mol.